The van der Waals surface area contributed by atoms with Gasteiger partial charge in [-0.25, -0.2) is 4.79 Å². The second-order valence-electron chi connectivity index (χ2n) is 8.44. The van der Waals surface area contributed by atoms with Crippen LogP contribution in [0, 0.1) is 5.41 Å². The van der Waals surface area contributed by atoms with Gasteiger partial charge in [-0.1, -0.05) is 27.7 Å². The normalized spacial score (nSPS) is 16.0. The molecule has 1 atom stereocenters. The summed E-state index contributed by atoms with van der Waals surface area (Å²) in [6, 6.07) is 6.83. The van der Waals surface area contributed by atoms with Crippen molar-refractivity contribution in [1.29, 1.82) is 0 Å². The number of rotatable bonds is 12. The average Bonchev–Trinajstić information content (AvgIpc) is 3.32. The van der Waals surface area contributed by atoms with E-state index in [4.69, 9.17) is 9.47 Å². The Morgan fingerprint density at radius 3 is 2.23 bits per heavy atom. The van der Waals surface area contributed by atoms with Gasteiger partial charge in [0.2, 0.25) is 0 Å². The minimum atomic E-state index is -0.246. The summed E-state index contributed by atoms with van der Waals surface area (Å²) in [5, 5.41) is 5.73. The topological polar surface area (TPSA) is 79.9 Å². The summed E-state index contributed by atoms with van der Waals surface area (Å²) in [5.74, 6) is 0.0360. The van der Waals surface area contributed by atoms with Gasteiger partial charge in [0.25, 0.3) is 5.91 Å². The van der Waals surface area contributed by atoms with Gasteiger partial charge in [-0.3, -0.25) is 4.79 Å². The molecule has 1 aliphatic rings. The van der Waals surface area contributed by atoms with Gasteiger partial charge in [0.15, 0.2) is 6.29 Å². The summed E-state index contributed by atoms with van der Waals surface area (Å²) < 4.78 is 11.4. The SMILES string of the molecule is CCCN(CCC)C(=O)c1ccc(NC(=O)NCCC[C@@](C)(CC)C2OCCO2)cc1. The van der Waals surface area contributed by atoms with Crippen LogP contribution in [0.3, 0.4) is 0 Å². The van der Waals surface area contributed by atoms with E-state index in [1.54, 1.807) is 24.3 Å². The predicted molar refractivity (Wildman–Crippen MR) is 123 cm³/mol. The lowest BCUT2D eigenvalue weighted by atomic mass is 9.82. The number of ether oxygens (including phenoxy) is 2. The Labute approximate surface area is 186 Å². The zero-order valence-corrected chi connectivity index (χ0v) is 19.5. The van der Waals surface area contributed by atoms with Crippen molar-refractivity contribution in [2.24, 2.45) is 5.41 Å². The molecule has 0 bridgehead atoms. The molecule has 1 saturated heterocycles. The summed E-state index contributed by atoms with van der Waals surface area (Å²) in [5.41, 5.74) is 1.27. The molecule has 3 amide bonds. The molecule has 0 radical (unpaired) electrons. The van der Waals surface area contributed by atoms with Crippen molar-refractivity contribution < 1.29 is 19.1 Å². The standard InChI is InChI=1S/C24H39N3O4/c1-5-15-27(16-6-2)21(28)19-9-11-20(12-10-19)26-23(29)25-14-8-13-24(4,7-3)22-30-17-18-31-22/h9-12,22H,5-8,13-18H2,1-4H3,(H2,25,26,29)/t24-/m1/s1. The van der Waals surface area contributed by atoms with E-state index in [2.05, 4.69) is 38.3 Å². The first-order chi connectivity index (χ1) is 14.9. The van der Waals surface area contributed by atoms with Crippen LogP contribution in [0.5, 0.6) is 0 Å². The van der Waals surface area contributed by atoms with E-state index in [9.17, 15) is 9.59 Å². The van der Waals surface area contributed by atoms with E-state index in [0.717, 1.165) is 45.2 Å². The molecular weight excluding hydrogens is 394 g/mol. The van der Waals surface area contributed by atoms with Crippen molar-refractivity contribution in [2.75, 3.05) is 38.2 Å². The lowest BCUT2D eigenvalue weighted by Gasteiger charge is -2.33. The zero-order valence-electron chi connectivity index (χ0n) is 19.5. The molecule has 1 fully saturated rings. The number of urea groups is 1. The van der Waals surface area contributed by atoms with Crippen LogP contribution in [0.2, 0.25) is 0 Å². The molecule has 1 aliphatic heterocycles. The molecule has 174 valence electrons. The Bertz CT molecular complexity index is 683. The second-order valence-corrected chi connectivity index (χ2v) is 8.44. The molecule has 2 rings (SSSR count). The highest BCUT2D eigenvalue weighted by molar-refractivity contribution is 5.95. The van der Waals surface area contributed by atoms with Gasteiger partial charge in [-0.05, 0) is 56.4 Å². The van der Waals surface area contributed by atoms with Crippen LogP contribution in [0.15, 0.2) is 24.3 Å². The van der Waals surface area contributed by atoms with E-state index >= 15 is 0 Å². The van der Waals surface area contributed by atoms with E-state index in [1.165, 1.54) is 0 Å². The Kier molecular flexibility index (Phi) is 10.3. The van der Waals surface area contributed by atoms with Crippen LogP contribution in [-0.2, 0) is 9.47 Å². The summed E-state index contributed by atoms with van der Waals surface area (Å²) >= 11 is 0. The number of anilines is 1. The molecule has 31 heavy (non-hydrogen) atoms. The summed E-state index contributed by atoms with van der Waals surface area (Å²) in [4.78, 5) is 26.7. The number of carbonyl (C=O) groups excluding carboxylic acids is 2. The number of nitrogens with zero attached hydrogens (tertiary/aromatic N) is 1. The fourth-order valence-corrected chi connectivity index (χ4v) is 3.82. The maximum atomic E-state index is 12.6. The van der Waals surface area contributed by atoms with Crippen molar-refractivity contribution in [1.82, 2.24) is 10.2 Å². The molecule has 0 saturated carbocycles. The van der Waals surface area contributed by atoms with Gasteiger partial charge in [0, 0.05) is 36.3 Å². The number of nitrogens with one attached hydrogen (secondary N) is 2. The van der Waals surface area contributed by atoms with Crippen LogP contribution in [0.4, 0.5) is 10.5 Å². The van der Waals surface area contributed by atoms with Gasteiger partial charge in [-0.15, -0.1) is 0 Å². The molecule has 1 aromatic carbocycles. The average molecular weight is 434 g/mol. The van der Waals surface area contributed by atoms with Gasteiger partial charge in [-0.2, -0.15) is 0 Å². The smallest absolute Gasteiger partial charge is 0.319 e. The fraction of sp³-hybridized carbons (Fsp3) is 0.667. The summed E-state index contributed by atoms with van der Waals surface area (Å²) in [6.45, 7) is 11.9. The third-order valence-corrected chi connectivity index (χ3v) is 5.87. The minimum absolute atomic E-state index is 0.0360. The Morgan fingerprint density at radius 2 is 1.68 bits per heavy atom. The van der Waals surface area contributed by atoms with Crippen molar-refractivity contribution in [2.45, 2.75) is 66.1 Å². The summed E-state index contributed by atoms with van der Waals surface area (Å²) in [6.07, 6.45) is 4.44. The fourth-order valence-electron chi connectivity index (χ4n) is 3.82. The molecule has 0 spiro atoms. The number of benzene rings is 1. The first-order valence-corrected chi connectivity index (χ1v) is 11.6. The highest BCUT2D eigenvalue weighted by atomic mass is 16.7. The minimum Gasteiger partial charge on any atom is -0.350 e. The van der Waals surface area contributed by atoms with Crippen molar-refractivity contribution in [3.8, 4) is 0 Å². The number of carbonyl (C=O) groups is 2. The summed E-state index contributed by atoms with van der Waals surface area (Å²) in [7, 11) is 0. The lowest BCUT2D eigenvalue weighted by Crippen LogP contribution is -2.35. The monoisotopic (exact) mass is 433 g/mol. The molecule has 1 heterocycles. The zero-order chi connectivity index (χ0) is 22.7. The maximum absolute atomic E-state index is 12.6. The van der Waals surface area contributed by atoms with E-state index in [-0.39, 0.29) is 23.6 Å². The highest BCUT2D eigenvalue weighted by Gasteiger charge is 2.36. The molecule has 0 aliphatic carbocycles. The number of amides is 3. The number of hydrogen-bond acceptors (Lipinski definition) is 4. The van der Waals surface area contributed by atoms with Crippen LogP contribution < -0.4 is 10.6 Å². The van der Waals surface area contributed by atoms with Gasteiger partial charge < -0.3 is 25.0 Å². The molecule has 0 aromatic heterocycles. The Balaban J connectivity index is 1.77. The van der Waals surface area contributed by atoms with Crippen LogP contribution in [0.1, 0.15) is 70.2 Å². The third-order valence-electron chi connectivity index (χ3n) is 5.87. The van der Waals surface area contributed by atoms with Crippen LogP contribution >= 0.6 is 0 Å². The largest absolute Gasteiger partial charge is 0.350 e. The van der Waals surface area contributed by atoms with Gasteiger partial charge in [0.1, 0.15) is 0 Å². The van der Waals surface area contributed by atoms with Crippen LogP contribution in [-0.4, -0.2) is 56.0 Å². The molecule has 2 N–H and O–H groups in total. The molecule has 0 unspecified atom stereocenters. The maximum Gasteiger partial charge on any atom is 0.319 e. The van der Waals surface area contributed by atoms with E-state index in [1.807, 2.05) is 4.90 Å². The predicted octanol–water partition coefficient (Wildman–Crippen LogP) is 4.64. The van der Waals surface area contributed by atoms with E-state index in [0.29, 0.717) is 31.0 Å². The third kappa shape index (κ3) is 7.51. The molecule has 7 heteroatoms. The first-order valence-electron chi connectivity index (χ1n) is 11.6. The van der Waals surface area contributed by atoms with Crippen LogP contribution in [0.25, 0.3) is 0 Å². The lowest BCUT2D eigenvalue weighted by molar-refractivity contribution is -0.131. The van der Waals surface area contributed by atoms with Gasteiger partial charge in [0.05, 0.1) is 13.2 Å². The van der Waals surface area contributed by atoms with Gasteiger partial charge >= 0.3 is 6.03 Å². The first kappa shape index (κ1) is 25.1. The van der Waals surface area contributed by atoms with E-state index < -0.39 is 0 Å². The molecule has 7 nitrogen and oxygen atoms in total. The van der Waals surface area contributed by atoms with Crippen molar-refractivity contribution in [3.63, 3.8) is 0 Å². The Morgan fingerprint density at radius 1 is 1.06 bits per heavy atom. The highest BCUT2D eigenvalue weighted by Crippen LogP contribution is 2.35. The Hall–Kier alpha value is -2.12. The molecular formula is C24H39N3O4. The van der Waals surface area contributed by atoms with Crippen molar-refractivity contribution >= 4 is 17.6 Å². The molecule has 1 aromatic rings. The number of hydrogen-bond donors (Lipinski definition) is 2. The second kappa shape index (κ2) is 12.7. The van der Waals surface area contributed by atoms with Crippen molar-refractivity contribution in [3.05, 3.63) is 29.8 Å². The quantitative estimate of drug-likeness (QED) is 0.471.